The lowest BCUT2D eigenvalue weighted by atomic mass is 10.1. The van der Waals surface area contributed by atoms with Crippen molar-refractivity contribution >= 4 is 5.95 Å². The molecule has 0 aliphatic carbocycles. The zero-order chi connectivity index (χ0) is 14.2. The van der Waals surface area contributed by atoms with Crippen molar-refractivity contribution in [1.29, 1.82) is 0 Å². The Labute approximate surface area is 115 Å². The second-order valence-corrected chi connectivity index (χ2v) is 5.06. The molecule has 7 heteroatoms. The molecule has 5 nitrogen and oxygen atoms in total. The summed E-state index contributed by atoms with van der Waals surface area (Å²) in [6.07, 6.45) is 3.75. The predicted molar refractivity (Wildman–Crippen MR) is 70.7 cm³/mol. The van der Waals surface area contributed by atoms with Gasteiger partial charge in [0.25, 0.3) is 5.92 Å². The number of aryl methyl sites for hydroxylation is 1. The van der Waals surface area contributed by atoms with Gasteiger partial charge in [0.05, 0.1) is 18.4 Å². The van der Waals surface area contributed by atoms with E-state index >= 15 is 0 Å². The Balaban J connectivity index is 1.94. The Morgan fingerprint density at radius 2 is 2.20 bits per heavy atom. The molecule has 1 saturated heterocycles. The van der Waals surface area contributed by atoms with E-state index in [1.807, 2.05) is 13.0 Å². The van der Waals surface area contributed by atoms with E-state index in [1.165, 1.54) is 0 Å². The second-order valence-electron chi connectivity index (χ2n) is 5.06. The van der Waals surface area contributed by atoms with Gasteiger partial charge in [0.15, 0.2) is 0 Å². The third-order valence-corrected chi connectivity index (χ3v) is 3.31. The minimum absolute atomic E-state index is 0.0656. The molecular formula is C13H15F2N5. The number of nitrogens with one attached hydrogen (secondary N) is 1. The topological polar surface area (TPSA) is 57.7 Å². The van der Waals surface area contributed by atoms with Crippen LogP contribution in [0.1, 0.15) is 18.5 Å². The van der Waals surface area contributed by atoms with E-state index in [9.17, 15) is 8.78 Å². The summed E-state index contributed by atoms with van der Waals surface area (Å²) in [5.74, 6) is -2.30. The Kier molecular flexibility index (Phi) is 3.11. The molecule has 0 amide bonds. The first-order valence-electron chi connectivity index (χ1n) is 6.51. The molecule has 0 saturated carbocycles. The van der Waals surface area contributed by atoms with Gasteiger partial charge in [-0.05, 0) is 19.4 Å². The Morgan fingerprint density at radius 1 is 1.35 bits per heavy atom. The molecule has 0 spiro atoms. The Bertz CT molecular complexity index is 597. The van der Waals surface area contributed by atoms with Crippen LogP contribution in [0.5, 0.6) is 0 Å². The van der Waals surface area contributed by atoms with Crippen molar-refractivity contribution < 1.29 is 8.78 Å². The number of halogens is 2. The van der Waals surface area contributed by atoms with E-state index in [2.05, 4.69) is 20.2 Å². The summed E-state index contributed by atoms with van der Waals surface area (Å²) in [7, 11) is 0. The van der Waals surface area contributed by atoms with Gasteiger partial charge in [-0.2, -0.15) is 5.10 Å². The predicted octanol–water partition coefficient (Wildman–Crippen LogP) is 2.41. The van der Waals surface area contributed by atoms with E-state index in [-0.39, 0.29) is 13.0 Å². The fourth-order valence-electron chi connectivity index (χ4n) is 2.37. The van der Waals surface area contributed by atoms with Gasteiger partial charge >= 0.3 is 0 Å². The number of H-pyrrole nitrogens is 1. The molecule has 1 aliphatic rings. The number of anilines is 1. The molecule has 3 heterocycles. The average Bonchev–Trinajstić information content (AvgIpc) is 2.90. The maximum absolute atomic E-state index is 13.5. The molecular weight excluding hydrogens is 264 g/mol. The minimum Gasteiger partial charge on any atom is -0.335 e. The lowest BCUT2D eigenvalue weighted by molar-refractivity contribution is -0.0120. The van der Waals surface area contributed by atoms with Crippen molar-refractivity contribution in [2.24, 2.45) is 0 Å². The molecule has 1 aliphatic heterocycles. The number of hydrogen-bond donors (Lipinski definition) is 1. The summed E-state index contributed by atoms with van der Waals surface area (Å²) in [5, 5.41) is 6.59. The number of piperidine rings is 1. The van der Waals surface area contributed by atoms with Gasteiger partial charge in [0, 0.05) is 30.4 Å². The summed E-state index contributed by atoms with van der Waals surface area (Å²) >= 11 is 0. The number of alkyl halides is 2. The number of hydrogen-bond acceptors (Lipinski definition) is 4. The zero-order valence-electron chi connectivity index (χ0n) is 11.1. The highest BCUT2D eigenvalue weighted by atomic mass is 19.3. The van der Waals surface area contributed by atoms with E-state index < -0.39 is 5.92 Å². The van der Waals surface area contributed by atoms with Crippen LogP contribution in [0.25, 0.3) is 11.3 Å². The van der Waals surface area contributed by atoms with Crippen molar-refractivity contribution in [1.82, 2.24) is 20.2 Å². The van der Waals surface area contributed by atoms with Crippen LogP contribution in [0.3, 0.4) is 0 Å². The van der Waals surface area contributed by atoms with E-state index in [1.54, 1.807) is 17.3 Å². The summed E-state index contributed by atoms with van der Waals surface area (Å²) in [6.45, 7) is 2.07. The van der Waals surface area contributed by atoms with Crippen LogP contribution < -0.4 is 4.90 Å². The summed E-state index contributed by atoms with van der Waals surface area (Å²) in [6, 6.07) is 1.82. The van der Waals surface area contributed by atoms with Crippen molar-refractivity contribution in [3.63, 3.8) is 0 Å². The maximum Gasteiger partial charge on any atom is 0.265 e. The minimum atomic E-state index is -2.67. The standard InChI is InChI=1S/C13H15F2N5/c1-9-5-11(10-6-16-17-7-10)19-12(18-9)20-4-2-3-13(14,15)8-20/h5-7H,2-4,8H2,1H3,(H,16,17). The SMILES string of the molecule is Cc1cc(-c2cn[nH]c2)nc(N2CCCC(F)(F)C2)n1. The Morgan fingerprint density at radius 3 is 2.90 bits per heavy atom. The monoisotopic (exact) mass is 279 g/mol. The lowest BCUT2D eigenvalue weighted by Gasteiger charge is -2.32. The smallest absolute Gasteiger partial charge is 0.265 e. The van der Waals surface area contributed by atoms with Gasteiger partial charge in [-0.15, -0.1) is 0 Å². The van der Waals surface area contributed by atoms with Crippen molar-refractivity contribution in [2.45, 2.75) is 25.7 Å². The van der Waals surface area contributed by atoms with Gasteiger partial charge in [-0.3, -0.25) is 5.10 Å². The summed E-state index contributed by atoms with van der Waals surface area (Å²) < 4.78 is 27.0. The number of aromatic amines is 1. The van der Waals surface area contributed by atoms with Gasteiger partial charge in [0.2, 0.25) is 5.95 Å². The first-order chi connectivity index (χ1) is 9.53. The Hall–Kier alpha value is -2.05. The first-order valence-corrected chi connectivity index (χ1v) is 6.51. The van der Waals surface area contributed by atoms with Crippen molar-refractivity contribution in [2.75, 3.05) is 18.0 Å². The van der Waals surface area contributed by atoms with Crippen LogP contribution >= 0.6 is 0 Å². The highest BCUT2D eigenvalue weighted by Gasteiger charge is 2.36. The van der Waals surface area contributed by atoms with Crippen molar-refractivity contribution in [3.05, 3.63) is 24.2 Å². The number of nitrogens with zero attached hydrogens (tertiary/aromatic N) is 4. The first kappa shape index (κ1) is 13.0. The normalized spacial score (nSPS) is 18.2. The maximum atomic E-state index is 13.5. The van der Waals surface area contributed by atoms with Gasteiger partial charge < -0.3 is 4.90 Å². The second kappa shape index (κ2) is 4.81. The third kappa shape index (κ3) is 2.61. The summed E-state index contributed by atoms with van der Waals surface area (Å²) in [5.41, 5.74) is 2.26. The molecule has 1 N–H and O–H groups in total. The van der Waals surface area contributed by atoms with Crippen LogP contribution in [0.15, 0.2) is 18.5 Å². The van der Waals surface area contributed by atoms with Gasteiger partial charge in [0.1, 0.15) is 0 Å². The van der Waals surface area contributed by atoms with Gasteiger partial charge in [-0.25, -0.2) is 18.7 Å². The fraction of sp³-hybridized carbons (Fsp3) is 0.462. The quantitative estimate of drug-likeness (QED) is 0.917. The summed E-state index contributed by atoms with van der Waals surface area (Å²) in [4.78, 5) is 10.2. The average molecular weight is 279 g/mol. The molecule has 3 rings (SSSR count). The molecule has 0 unspecified atom stereocenters. The van der Waals surface area contributed by atoms with Crippen LogP contribution in [-0.2, 0) is 0 Å². The molecule has 0 bridgehead atoms. The highest BCUT2D eigenvalue weighted by Crippen LogP contribution is 2.29. The molecule has 2 aromatic rings. The molecule has 0 atom stereocenters. The van der Waals surface area contributed by atoms with Crippen LogP contribution in [0.2, 0.25) is 0 Å². The van der Waals surface area contributed by atoms with E-state index in [4.69, 9.17) is 0 Å². The molecule has 2 aromatic heterocycles. The van der Waals surface area contributed by atoms with Crippen LogP contribution in [0, 0.1) is 6.92 Å². The molecule has 1 fully saturated rings. The van der Waals surface area contributed by atoms with E-state index in [0.717, 1.165) is 11.3 Å². The lowest BCUT2D eigenvalue weighted by Crippen LogP contribution is -2.43. The molecule has 20 heavy (non-hydrogen) atoms. The molecule has 0 aromatic carbocycles. The molecule has 106 valence electrons. The van der Waals surface area contributed by atoms with Crippen LogP contribution in [0.4, 0.5) is 14.7 Å². The van der Waals surface area contributed by atoms with Gasteiger partial charge in [-0.1, -0.05) is 0 Å². The third-order valence-electron chi connectivity index (χ3n) is 3.31. The molecule has 0 radical (unpaired) electrons. The zero-order valence-corrected chi connectivity index (χ0v) is 11.1. The van der Waals surface area contributed by atoms with Crippen molar-refractivity contribution in [3.8, 4) is 11.3 Å². The largest absolute Gasteiger partial charge is 0.335 e. The number of rotatable bonds is 2. The van der Waals surface area contributed by atoms with Crippen LogP contribution in [-0.4, -0.2) is 39.2 Å². The highest BCUT2D eigenvalue weighted by molar-refractivity contribution is 5.59. The number of aromatic nitrogens is 4. The fourth-order valence-corrected chi connectivity index (χ4v) is 2.37. The van der Waals surface area contributed by atoms with E-state index in [0.29, 0.717) is 24.6 Å².